The maximum atomic E-state index is 11.7. The molecule has 7 heteroatoms. The Labute approximate surface area is 92.6 Å². The van der Waals surface area contributed by atoms with Crippen molar-refractivity contribution >= 4 is 11.9 Å². The molecule has 92 valence electrons. The minimum Gasteiger partial charge on any atom is -0.480 e. The van der Waals surface area contributed by atoms with Gasteiger partial charge in [0.15, 0.2) is 0 Å². The summed E-state index contributed by atoms with van der Waals surface area (Å²) in [6.07, 6.45) is 0.322. The van der Waals surface area contributed by atoms with Gasteiger partial charge in [-0.3, -0.25) is 4.79 Å². The Hall–Kier alpha value is -1.18. The molecule has 1 rings (SSSR count). The molecule has 0 aromatic rings. The molecule has 2 unspecified atom stereocenters. The van der Waals surface area contributed by atoms with Crippen LogP contribution < -0.4 is 11.1 Å². The zero-order chi connectivity index (χ0) is 12.2. The molecule has 16 heavy (non-hydrogen) atoms. The van der Waals surface area contributed by atoms with Gasteiger partial charge in [-0.1, -0.05) is 0 Å². The summed E-state index contributed by atoms with van der Waals surface area (Å²) in [5.74, 6) is -1.74. The number of carbonyl (C=O) groups excluding carboxylic acids is 1. The summed E-state index contributed by atoms with van der Waals surface area (Å²) < 4.78 is 5.00. The van der Waals surface area contributed by atoms with Gasteiger partial charge in [0.05, 0.1) is 6.61 Å². The lowest BCUT2D eigenvalue weighted by Gasteiger charge is -2.23. The summed E-state index contributed by atoms with van der Waals surface area (Å²) >= 11 is 0. The van der Waals surface area contributed by atoms with E-state index in [2.05, 4.69) is 5.32 Å². The molecule has 1 saturated heterocycles. The third-order valence-electron chi connectivity index (χ3n) is 2.53. The van der Waals surface area contributed by atoms with E-state index < -0.39 is 23.5 Å². The number of rotatable bonds is 5. The molecule has 1 heterocycles. The van der Waals surface area contributed by atoms with Crippen LogP contribution in [0.4, 0.5) is 0 Å². The molecule has 0 saturated carbocycles. The molecule has 0 spiro atoms. The van der Waals surface area contributed by atoms with Crippen molar-refractivity contribution in [2.45, 2.75) is 24.4 Å². The maximum absolute atomic E-state index is 11.7. The summed E-state index contributed by atoms with van der Waals surface area (Å²) in [6.45, 7) is 0.164. The first-order chi connectivity index (χ1) is 7.49. The van der Waals surface area contributed by atoms with Crippen molar-refractivity contribution in [3.8, 4) is 0 Å². The highest BCUT2D eigenvalue weighted by Crippen LogP contribution is 2.15. The van der Waals surface area contributed by atoms with E-state index in [1.165, 1.54) is 0 Å². The molecule has 1 fully saturated rings. The molecule has 1 aliphatic rings. The molecular weight excluding hydrogens is 216 g/mol. The Bertz CT molecular complexity index is 275. The van der Waals surface area contributed by atoms with E-state index in [4.69, 9.17) is 20.7 Å². The number of carbonyl (C=O) groups is 2. The SMILES string of the molecule is NC1(C(=O)NC(CCO)C(=O)O)CCOC1. The van der Waals surface area contributed by atoms with Crippen molar-refractivity contribution in [2.24, 2.45) is 5.73 Å². The summed E-state index contributed by atoms with van der Waals surface area (Å²) in [4.78, 5) is 22.4. The van der Waals surface area contributed by atoms with Crippen molar-refractivity contribution in [1.82, 2.24) is 5.32 Å². The Morgan fingerprint density at radius 3 is 2.69 bits per heavy atom. The van der Waals surface area contributed by atoms with Crippen LogP contribution in [0.5, 0.6) is 0 Å². The van der Waals surface area contributed by atoms with E-state index in [-0.39, 0.29) is 19.6 Å². The van der Waals surface area contributed by atoms with Crippen LogP contribution in [-0.4, -0.2) is 53.5 Å². The number of aliphatic hydroxyl groups is 1. The second-order valence-electron chi connectivity index (χ2n) is 3.84. The molecule has 0 aromatic carbocycles. The zero-order valence-electron chi connectivity index (χ0n) is 8.81. The number of nitrogens with one attached hydrogen (secondary N) is 1. The van der Waals surface area contributed by atoms with Crippen LogP contribution in [0, 0.1) is 0 Å². The van der Waals surface area contributed by atoms with Gasteiger partial charge < -0.3 is 26.0 Å². The maximum Gasteiger partial charge on any atom is 0.326 e. The molecule has 7 nitrogen and oxygen atoms in total. The first kappa shape index (κ1) is 12.9. The number of hydrogen-bond acceptors (Lipinski definition) is 5. The molecule has 1 amide bonds. The van der Waals surface area contributed by atoms with Crippen molar-refractivity contribution in [3.05, 3.63) is 0 Å². The number of carboxylic acid groups (broad SMARTS) is 1. The van der Waals surface area contributed by atoms with Gasteiger partial charge in [-0.15, -0.1) is 0 Å². The first-order valence-corrected chi connectivity index (χ1v) is 5.01. The fourth-order valence-corrected chi connectivity index (χ4v) is 1.45. The van der Waals surface area contributed by atoms with E-state index in [0.717, 1.165) is 0 Å². The Morgan fingerprint density at radius 1 is 1.56 bits per heavy atom. The Kier molecular flexibility index (Phi) is 4.22. The monoisotopic (exact) mass is 232 g/mol. The van der Waals surface area contributed by atoms with E-state index >= 15 is 0 Å². The van der Waals surface area contributed by atoms with E-state index in [1.807, 2.05) is 0 Å². The fraction of sp³-hybridized carbons (Fsp3) is 0.778. The van der Waals surface area contributed by atoms with Crippen LogP contribution in [0.3, 0.4) is 0 Å². The summed E-state index contributed by atoms with van der Waals surface area (Å²) in [7, 11) is 0. The van der Waals surface area contributed by atoms with Crippen LogP contribution >= 0.6 is 0 Å². The molecule has 2 atom stereocenters. The molecule has 0 bridgehead atoms. The predicted molar refractivity (Wildman–Crippen MR) is 53.6 cm³/mol. The number of nitrogens with two attached hydrogens (primary N) is 1. The number of aliphatic hydroxyl groups excluding tert-OH is 1. The predicted octanol–water partition coefficient (Wildman–Crippen LogP) is -1.94. The average molecular weight is 232 g/mol. The van der Waals surface area contributed by atoms with E-state index in [0.29, 0.717) is 13.0 Å². The normalized spacial score (nSPS) is 26.4. The highest BCUT2D eigenvalue weighted by atomic mass is 16.5. The Morgan fingerprint density at radius 2 is 2.25 bits per heavy atom. The second kappa shape index (κ2) is 5.24. The lowest BCUT2D eigenvalue weighted by Crippen LogP contribution is -2.58. The van der Waals surface area contributed by atoms with Crippen LogP contribution in [0.15, 0.2) is 0 Å². The highest BCUT2D eigenvalue weighted by Gasteiger charge is 2.39. The van der Waals surface area contributed by atoms with Gasteiger partial charge in [0.1, 0.15) is 11.6 Å². The largest absolute Gasteiger partial charge is 0.480 e. The van der Waals surface area contributed by atoms with Gasteiger partial charge in [0, 0.05) is 19.6 Å². The lowest BCUT2D eigenvalue weighted by molar-refractivity contribution is -0.143. The number of ether oxygens (including phenoxy) is 1. The highest BCUT2D eigenvalue weighted by molar-refractivity contribution is 5.90. The standard InChI is InChI=1S/C9H16N2O5/c10-9(2-4-16-5-9)8(15)11-6(1-3-12)7(13)14/h6,12H,1-5,10H2,(H,11,15)(H,13,14). The second-order valence-corrected chi connectivity index (χ2v) is 3.84. The van der Waals surface area contributed by atoms with Crippen molar-refractivity contribution in [2.75, 3.05) is 19.8 Å². The van der Waals surface area contributed by atoms with Crippen molar-refractivity contribution in [1.29, 1.82) is 0 Å². The third kappa shape index (κ3) is 2.91. The van der Waals surface area contributed by atoms with E-state index in [1.54, 1.807) is 0 Å². The molecule has 5 N–H and O–H groups in total. The molecule has 0 aliphatic carbocycles. The Balaban J connectivity index is 2.57. The topological polar surface area (TPSA) is 122 Å². The van der Waals surface area contributed by atoms with Gasteiger partial charge in [0.2, 0.25) is 5.91 Å². The molecule has 1 aliphatic heterocycles. The number of carboxylic acids is 1. The van der Waals surface area contributed by atoms with Gasteiger partial charge in [-0.25, -0.2) is 4.79 Å². The molecular formula is C9H16N2O5. The van der Waals surface area contributed by atoms with Crippen molar-refractivity contribution < 1.29 is 24.5 Å². The number of amides is 1. The summed E-state index contributed by atoms with van der Waals surface area (Å²) in [5, 5.41) is 19.7. The molecule has 0 aromatic heterocycles. The van der Waals surface area contributed by atoms with Crippen LogP contribution in [0.25, 0.3) is 0 Å². The third-order valence-corrected chi connectivity index (χ3v) is 2.53. The minimum atomic E-state index is -1.19. The van der Waals surface area contributed by atoms with Crippen LogP contribution in [0.1, 0.15) is 12.8 Å². The fourth-order valence-electron chi connectivity index (χ4n) is 1.45. The lowest BCUT2D eigenvalue weighted by atomic mass is 9.98. The van der Waals surface area contributed by atoms with Crippen LogP contribution in [0.2, 0.25) is 0 Å². The van der Waals surface area contributed by atoms with Gasteiger partial charge in [-0.05, 0) is 6.42 Å². The van der Waals surface area contributed by atoms with Gasteiger partial charge in [-0.2, -0.15) is 0 Å². The summed E-state index contributed by atoms with van der Waals surface area (Å²) in [6, 6.07) is -1.11. The van der Waals surface area contributed by atoms with Gasteiger partial charge >= 0.3 is 5.97 Å². The van der Waals surface area contributed by atoms with Crippen molar-refractivity contribution in [3.63, 3.8) is 0 Å². The van der Waals surface area contributed by atoms with Gasteiger partial charge in [0.25, 0.3) is 0 Å². The summed E-state index contributed by atoms with van der Waals surface area (Å²) in [5.41, 5.74) is 4.61. The average Bonchev–Trinajstić information content (AvgIpc) is 2.65. The number of hydrogen-bond donors (Lipinski definition) is 4. The molecule has 0 radical (unpaired) electrons. The van der Waals surface area contributed by atoms with Crippen LogP contribution in [-0.2, 0) is 14.3 Å². The smallest absolute Gasteiger partial charge is 0.326 e. The number of aliphatic carboxylic acids is 1. The first-order valence-electron chi connectivity index (χ1n) is 5.01. The zero-order valence-corrected chi connectivity index (χ0v) is 8.81. The van der Waals surface area contributed by atoms with E-state index in [9.17, 15) is 9.59 Å². The minimum absolute atomic E-state index is 0.0436. The quantitative estimate of drug-likeness (QED) is 0.437.